The van der Waals surface area contributed by atoms with E-state index in [4.69, 9.17) is 9.47 Å². The van der Waals surface area contributed by atoms with Crippen molar-refractivity contribution < 1.29 is 19.4 Å². The van der Waals surface area contributed by atoms with Gasteiger partial charge in [0.05, 0.1) is 13.2 Å². The first kappa shape index (κ1) is 51.5. The molecule has 0 fully saturated rings. The van der Waals surface area contributed by atoms with Crippen LogP contribution in [0.15, 0.2) is 134 Å². The number of hydrogen-bond acceptors (Lipinski definition) is 4. The smallest absolute Gasteiger partial charge is 0.306 e. The minimum absolute atomic E-state index is 0.209. The molecule has 0 radical (unpaired) electrons. The van der Waals surface area contributed by atoms with E-state index in [1.54, 1.807) is 0 Å². The molecule has 0 aromatic carbocycles. The number of carbonyl (C=O) groups excluding carboxylic acids is 1. The zero-order chi connectivity index (χ0) is 39.8. The topological polar surface area (TPSA) is 55.8 Å². The highest BCUT2D eigenvalue weighted by molar-refractivity contribution is 5.69. The van der Waals surface area contributed by atoms with Gasteiger partial charge in [0.15, 0.2) is 0 Å². The monoisotopic (exact) mass is 757 g/mol. The second kappa shape index (κ2) is 46.7. The summed E-state index contributed by atoms with van der Waals surface area (Å²) in [7, 11) is 0. The Labute approximate surface area is 339 Å². The molecule has 0 aliphatic rings. The van der Waals surface area contributed by atoms with Crippen molar-refractivity contribution in [3.05, 3.63) is 134 Å². The van der Waals surface area contributed by atoms with Crippen LogP contribution in [0.25, 0.3) is 0 Å². The van der Waals surface area contributed by atoms with Gasteiger partial charge in [0.1, 0.15) is 6.10 Å². The maximum atomic E-state index is 12.2. The number of unbranched alkanes of at least 4 members (excludes halogenated alkanes) is 8. The molecule has 1 unspecified atom stereocenters. The molecule has 0 saturated heterocycles. The third-order valence-electron chi connectivity index (χ3n) is 8.47. The maximum absolute atomic E-state index is 12.2. The minimum Gasteiger partial charge on any atom is -0.457 e. The van der Waals surface area contributed by atoms with Crippen LogP contribution in [-0.4, -0.2) is 37.0 Å². The van der Waals surface area contributed by atoms with E-state index < -0.39 is 6.10 Å². The third-order valence-corrected chi connectivity index (χ3v) is 8.47. The van der Waals surface area contributed by atoms with Crippen molar-refractivity contribution in [1.82, 2.24) is 0 Å². The second-order valence-corrected chi connectivity index (χ2v) is 13.6. The minimum atomic E-state index is -0.581. The lowest BCUT2D eigenvalue weighted by Gasteiger charge is -2.15. The van der Waals surface area contributed by atoms with Gasteiger partial charge in [-0.15, -0.1) is 0 Å². The van der Waals surface area contributed by atoms with Crippen molar-refractivity contribution in [2.45, 2.75) is 161 Å². The molecular weight excluding hydrogens is 677 g/mol. The van der Waals surface area contributed by atoms with Crippen LogP contribution in [0.5, 0.6) is 0 Å². The molecular formula is C51H80O4. The van der Waals surface area contributed by atoms with Gasteiger partial charge in [0, 0.05) is 13.0 Å². The average molecular weight is 757 g/mol. The molecule has 0 heterocycles. The van der Waals surface area contributed by atoms with E-state index in [2.05, 4.69) is 148 Å². The number of carbonyl (C=O) groups is 1. The quantitative estimate of drug-likeness (QED) is 0.0387. The summed E-state index contributed by atoms with van der Waals surface area (Å²) in [5.74, 6) is -0.268. The van der Waals surface area contributed by atoms with Crippen LogP contribution >= 0.6 is 0 Å². The van der Waals surface area contributed by atoms with Gasteiger partial charge in [-0.2, -0.15) is 0 Å². The van der Waals surface area contributed by atoms with Crippen LogP contribution in [0.1, 0.15) is 155 Å². The summed E-state index contributed by atoms with van der Waals surface area (Å²) in [6, 6.07) is 0. The number of rotatable bonds is 38. The van der Waals surface area contributed by atoms with Crippen LogP contribution < -0.4 is 0 Å². The Kier molecular flexibility index (Phi) is 43.7. The highest BCUT2D eigenvalue weighted by Crippen LogP contribution is 2.10. The first-order valence-electron chi connectivity index (χ1n) is 21.8. The van der Waals surface area contributed by atoms with E-state index in [0.717, 1.165) is 96.3 Å². The first-order valence-corrected chi connectivity index (χ1v) is 21.8. The van der Waals surface area contributed by atoms with E-state index in [1.807, 2.05) is 0 Å². The fourth-order valence-corrected chi connectivity index (χ4v) is 5.31. The van der Waals surface area contributed by atoms with Crippen molar-refractivity contribution in [2.24, 2.45) is 0 Å². The molecule has 0 aromatic heterocycles. The Hall–Kier alpha value is -3.47. The largest absolute Gasteiger partial charge is 0.457 e. The van der Waals surface area contributed by atoms with E-state index in [0.29, 0.717) is 13.0 Å². The lowest BCUT2D eigenvalue weighted by molar-refractivity contribution is -0.154. The second-order valence-electron chi connectivity index (χ2n) is 13.6. The van der Waals surface area contributed by atoms with Gasteiger partial charge in [0.25, 0.3) is 0 Å². The molecule has 0 saturated carbocycles. The average Bonchev–Trinajstić information content (AvgIpc) is 3.19. The van der Waals surface area contributed by atoms with Gasteiger partial charge >= 0.3 is 5.97 Å². The van der Waals surface area contributed by atoms with Gasteiger partial charge < -0.3 is 14.6 Å². The van der Waals surface area contributed by atoms with Crippen LogP contribution in [-0.2, 0) is 14.3 Å². The van der Waals surface area contributed by atoms with Crippen LogP contribution in [0.2, 0.25) is 0 Å². The zero-order valence-electron chi connectivity index (χ0n) is 35.1. The number of hydrogen-bond donors (Lipinski definition) is 1. The highest BCUT2D eigenvalue weighted by Gasteiger charge is 2.13. The van der Waals surface area contributed by atoms with Gasteiger partial charge in [-0.05, 0) is 103 Å². The van der Waals surface area contributed by atoms with Crippen molar-refractivity contribution >= 4 is 5.97 Å². The Morgan fingerprint density at radius 2 is 0.764 bits per heavy atom. The highest BCUT2D eigenvalue weighted by atomic mass is 16.6. The van der Waals surface area contributed by atoms with Gasteiger partial charge in [-0.1, -0.05) is 180 Å². The molecule has 1 atom stereocenters. The fraction of sp³-hybridized carbons (Fsp3) is 0.549. The first-order chi connectivity index (χ1) is 27.2. The van der Waals surface area contributed by atoms with Crippen LogP contribution in [0, 0.1) is 0 Å². The van der Waals surface area contributed by atoms with E-state index in [-0.39, 0.29) is 19.2 Å². The van der Waals surface area contributed by atoms with Crippen molar-refractivity contribution in [3.63, 3.8) is 0 Å². The van der Waals surface area contributed by atoms with Crippen LogP contribution in [0.3, 0.4) is 0 Å². The standard InChI is InChI=1S/C51H80O4/c1-3-5-7-9-11-13-15-17-19-21-22-23-24-25-26-27-28-29-31-33-35-37-39-41-43-45-47-54-49-50(48-52)55-51(53)46-44-42-40-38-36-34-32-30-20-18-16-14-12-10-8-6-4-2/h5-8,11-14,17-20,22-23,25-26,28-29,32,34,38,40,50,52H,3-4,9-10,15-16,21,24,27,30-31,33,35-37,39,41-49H2,1-2H3/b7-5-,8-6-,13-11-,14-12-,19-17-,20-18-,23-22-,26-25-,29-28-,34-32-,40-38-. The summed E-state index contributed by atoms with van der Waals surface area (Å²) in [6.07, 6.45) is 70.9. The van der Waals surface area contributed by atoms with Crippen molar-refractivity contribution in [1.29, 1.82) is 0 Å². The number of aliphatic hydroxyl groups is 1. The van der Waals surface area contributed by atoms with E-state index >= 15 is 0 Å². The summed E-state index contributed by atoms with van der Waals surface area (Å²) in [5, 5.41) is 9.60. The molecule has 55 heavy (non-hydrogen) atoms. The lowest BCUT2D eigenvalue weighted by Crippen LogP contribution is -2.27. The van der Waals surface area contributed by atoms with Crippen molar-refractivity contribution in [2.75, 3.05) is 19.8 Å². The van der Waals surface area contributed by atoms with Crippen LogP contribution in [0.4, 0.5) is 0 Å². The molecule has 4 heteroatoms. The molecule has 308 valence electrons. The van der Waals surface area contributed by atoms with E-state index in [1.165, 1.54) is 38.5 Å². The summed E-state index contributed by atoms with van der Waals surface area (Å²) in [5.41, 5.74) is 0. The number of ether oxygens (including phenoxy) is 2. The Balaban J connectivity index is 3.61. The number of aliphatic hydroxyl groups excluding tert-OH is 1. The predicted molar refractivity (Wildman–Crippen MR) is 241 cm³/mol. The molecule has 0 spiro atoms. The molecule has 0 aliphatic heterocycles. The lowest BCUT2D eigenvalue weighted by atomic mass is 10.1. The van der Waals surface area contributed by atoms with E-state index in [9.17, 15) is 9.90 Å². The molecule has 4 nitrogen and oxygen atoms in total. The maximum Gasteiger partial charge on any atom is 0.306 e. The third kappa shape index (κ3) is 44.8. The molecule has 0 bridgehead atoms. The number of esters is 1. The zero-order valence-corrected chi connectivity index (χ0v) is 35.1. The summed E-state index contributed by atoms with van der Waals surface area (Å²) < 4.78 is 11.1. The van der Waals surface area contributed by atoms with Gasteiger partial charge in [-0.25, -0.2) is 0 Å². The summed E-state index contributed by atoms with van der Waals surface area (Å²) >= 11 is 0. The SMILES string of the molecule is CC/C=C\C/C=C\C/C=C\C/C=C\C/C=C\C/C=C\CCCCCCCCCOCC(CO)OC(=O)CCC/C=C\C/C=C\C/C=C\C/C=C\C/C=C\CC. The molecule has 0 rings (SSSR count). The molecule has 0 amide bonds. The molecule has 1 N–H and O–H groups in total. The normalized spacial score (nSPS) is 13.7. The van der Waals surface area contributed by atoms with Crippen molar-refractivity contribution in [3.8, 4) is 0 Å². The Morgan fingerprint density at radius 1 is 0.436 bits per heavy atom. The number of allylic oxidation sites excluding steroid dienone is 22. The van der Waals surface area contributed by atoms with Gasteiger partial charge in [0.2, 0.25) is 0 Å². The molecule has 0 aromatic rings. The Bertz CT molecular complexity index is 1160. The summed E-state index contributed by atoms with van der Waals surface area (Å²) in [4.78, 5) is 12.2. The predicted octanol–water partition coefficient (Wildman–Crippen LogP) is 14.6. The molecule has 0 aliphatic carbocycles. The van der Waals surface area contributed by atoms with Gasteiger partial charge in [-0.3, -0.25) is 4.79 Å². The Morgan fingerprint density at radius 3 is 1.15 bits per heavy atom. The summed E-state index contributed by atoms with van der Waals surface area (Å²) in [6.45, 7) is 5.00. The fourth-order valence-electron chi connectivity index (χ4n) is 5.31.